The fourth-order valence-corrected chi connectivity index (χ4v) is 4.25. The number of anilines is 2. The average Bonchev–Trinajstić information content (AvgIpc) is 2.99. The van der Waals surface area contributed by atoms with Crippen LogP contribution in [0.2, 0.25) is 0 Å². The van der Waals surface area contributed by atoms with Crippen LogP contribution in [0, 0.1) is 5.92 Å². The lowest BCUT2D eigenvalue weighted by molar-refractivity contribution is 0.400. The minimum atomic E-state index is 0.780. The van der Waals surface area contributed by atoms with E-state index in [1.807, 2.05) is 6.20 Å². The lowest BCUT2D eigenvalue weighted by Crippen LogP contribution is -2.36. The molecule has 0 saturated carbocycles. The highest BCUT2D eigenvalue weighted by atomic mass is 15.3. The van der Waals surface area contributed by atoms with Gasteiger partial charge in [0.25, 0.3) is 0 Å². The number of benzene rings is 1. The second-order valence-electron chi connectivity index (χ2n) is 7.74. The number of hydrogen-bond donors (Lipinski definition) is 0. The van der Waals surface area contributed by atoms with Crippen LogP contribution >= 0.6 is 0 Å². The van der Waals surface area contributed by atoms with Crippen molar-refractivity contribution in [3.05, 3.63) is 48.2 Å². The molecule has 2 aromatic rings. The van der Waals surface area contributed by atoms with Gasteiger partial charge < -0.3 is 9.80 Å². The van der Waals surface area contributed by atoms with Gasteiger partial charge in [0.05, 0.1) is 0 Å². The van der Waals surface area contributed by atoms with Gasteiger partial charge in [0, 0.05) is 32.4 Å². The maximum atomic E-state index is 4.91. The summed E-state index contributed by atoms with van der Waals surface area (Å²) in [5.41, 5.74) is 1.46. The predicted molar refractivity (Wildman–Crippen MR) is 108 cm³/mol. The van der Waals surface area contributed by atoms with Gasteiger partial charge in [0.2, 0.25) is 5.95 Å². The zero-order chi connectivity index (χ0) is 17.6. The van der Waals surface area contributed by atoms with E-state index in [2.05, 4.69) is 51.2 Å². The molecule has 138 valence electrons. The van der Waals surface area contributed by atoms with Crippen molar-refractivity contribution in [2.24, 2.45) is 5.92 Å². The molecule has 0 N–H and O–H groups in total. The van der Waals surface area contributed by atoms with Crippen molar-refractivity contribution in [1.29, 1.82) is 0 Å². The third-order valence-electron chi connectivity index (χ3n) is 5.82. The molecule has 0 unspecified atom stereocenters. The Bertz CT molecular complexity index is 672. The molecule has 1 aromatic carbocycles. The molecule has 2 aliphatic rings. The topological polar surface area (TPSA) is 32.3 Å². The maximum Gasteiger partial charge on any atom is 0.227 e. The van der Waals surface area contributed by atoms with E-state index in [1.165, 1.54) is 50.5 Å². The highest BCUT2D eigenvalue weighted by molar-refractivity contribution is 5.44. The molecule has 0 atom stereocenters. The predicted octanol–water partition coefficient (Wildman–Crippen LogP) is 4.32. The summed E-state index contributed by atoms with van der Waals surface area (Å²) in [6, 6.07) is 13.0. The SMILES string of the molecule is c1ccc(CC2CCN(c3nccc(N4CCCCCC4)n3)CC2)cc1. The summed E-state index contributed by atoms with van der Waals surface area (Å²) in [6.07, 6.45) is 10.9. The van der Waals surface area contributed by atoms with Crippen molar-refractivity contribution in [2.45, 2.75) is 44.9 Å². The van der Waals surface area contributed by atoms with Gasteiger partial charge in [-0.25, -0.2) is 4.98 Å². The van der Waals surface area contributed by atoms with Gasteiger partial charge in [-0.1, -0.05) is 43.2 Å². The summed E-state index contributed by atoms with van der Waals surface area (Å²) >= 11 is 0. The Morgan fingerprint density at radius 3 is 2.27 bits per heavy atom. The zero-order valence-corrected chi connectivity index (χ0v) is 15.7. The Hall–Kier alpha value is -2.10. The summed E-state index contributed by atoms with van der Waals surface area (Å²) < 4.78 is 0. The van der Waals surface area contributed by atoms with Crippen molar-refractivity contribution >= 4 is 11.8 Å². The van der Waals surface area contributed by atoms with E-state index in [1.54, 1.807) is 0 Å². The van der Waals surface area contributed by atoms with Gasteiger partial charge in [-0.2, -0.15) is 4.98 Å². The lowest BCUT2D eigenvalue weighted by atomic mass is 9.90. The van der Waals surface area contributed by atoms with Crippen LogP contribution in [-0.4, -0.2) is 36.1 Å². The highest BCUT2D eigenvalue weighted by Gasteiger charge is 2.22. The maximum absolute atomic E-state index is 4.91. The first-order valence-electron chi connectivity index (χ1n) is 10.3. The van der Waals surface area contributed by atoms with Gasteiger partial charge >= 0.3 is 0 Å². The minimum Gasteiger partial charge on any atom is -0.356 e. The summed E-state index contributed by atoms with van der Waals surface area (Å²) in [5, 5.41) is 0. The van der Waals surface area contributed by atoms with Crippen LogP contribution in [0.4, 0.5) is 11.8 Å². The second-order valence-corrected chi connectivity index (χ2v) is 7.74. The van der Waals surface area contributed by atoms with Crippen molar-refractivity contribution in [3.8, 4) is 0 Å². The van der Waals surface area contributed by atoms with Crippen LogP contribution in [0.1, 0.15) is 44.1 Å². The van der Waals surface area contributed by atoms with Gasteiger partial charge in [-0.15, -0.1) is 0 Å². The number of aromatic nitrogens is 2. The molecule has 1 aromatic heterocycles. The number of nitrogens with zero attached hydrogens (tertiary/aromatic N) is 4. The monoisotopic (exact) mass is 350 g/mol. The molecule has 26 heavy (non-hydrogen) atoms. The number of hydrogen-bond acceptors (Lipinski definition) is 4. The van der Waals surface area contributed by atoms with E-state index < -0.39 is 0 Å². The van der Waals surface area contributed by atoms with Crippen molar-refractivity contribution in [2.75, 3.05) is 36.0 Å². The third kappa shape index (κ3) is 4.35. The van der Waals surface area contributed by atoms with Crippen LogP contribution in [0.25, 0.3) is 0 Å². The van der Waals surface area contributed by atoms with Gasteiger partial charge in [-0.05, 0) is 49.7 Å². The Morgan fingerprint density at radius 1 is 0.808 bits per heavy atom. The van der Waals surface area contributed by atoms with Crippen LogP contribution in [0.5, 0.6) is 0 Å². The molecule has 0 aliphatic carbocycles. The Labute approximate surface area is 157 Å². The van der Waals surface area contributed by atoms with E-state index in [0.29, 0.717) is 0 Å². The number of piperidine rings is 1. The first kappa shape index (κ1) is 17.3. The van der Waals surface area contributed by atoms with Crippen LogP contribution in [-0.2, 0) is 6.42 Å². The highest BCUT2D eigenvalue weighted by Crippen LogP contribution is 2.25. The molecule has 4 heteroatoms. The second kappa shape index (κ2) is 8.52. The fraction of sp³-hybridized carbons (Fsp3) is 0.545. The molecule has 4 nitrogen and oxygen atoms in total. The molecule has 0 bridgehead atoms. The smallest absolute Gasteiger partial charge is 0.227 e. The molecule has 3 heterocycles. The lowest BCUT2D eigenvalue weighted by Gasteiger charge is -2.32. The first-order chi connectivity index (χ1) is 12.9. The zero-order valence-electron chi connectivity index (χ0n) is 15.7. The Balaban J connectivity index is 1.36. The molecule has 4 rings (SSSR count). The molecular weight excluding hydrogens is 320 g/mol. The van der Waals surface area contributed by atoms with Crippen molar-refractivity contribution in [1.82, 2.24) is 9.97 Å². The first-order valence-corrected chi connectivity index (χ1v) is 10.3. The largest absolute Gasteiger partial charge is 0.356 e. The average molecular weight is 351 g/mol. The Morgan fingerprint density at radius 2 is 1.54 bits per heavy atom. The van der Waals surface area contributed by atoms with E-state index >= 15 is 0 Å². The Kier molecular flexibility index (Phi) is 5.68. The van der Waals surface area contributed by atoms with Gasteiger partial charge in [0.15, 0.2) is 0 Å². The van der Waals surface area contributed by atoms with Gasteiger partial charge in [0.1, 0.15) is 5.82 Å². The summed E-state index contributed by atoms with van der Waals surface area (Å²) in [7, 11) is 0. The standard InChI is InChI=1S/C22H30N4/c1-2-7-15-25(14-6-1)21-10-13-23-22(24-21)26-16-11-20(12-17-26)18-19-8-4-3-5-9-19/h3-5,8-10,13,20H,1-2,6-7,11-12,14-18H2. The van der Waals surface area contributed by atoms with Crippen LogP contribution in [0.15, 0.2) is 42.6 Å². The van der Waals surface area contributed by atoms with E-state index in [-0.39, 0.29) is 0 Å². The summed E-state index contributed by atoms with van der Waals surface area (Å²) in [6.45, 7) is 4.41. The van der Waals surface area contributed by atoms with Gasteiger partial charge in [-0.3, -0.25) is 0 Å². The molecule has 2 aliphatic heterocycles. The molecule has 2 fully saturated rings. The number of rotatable bonds is 4. The van der Waals surface area contributed by atoms with E-state index in [9.17, 15) is 0 Å². The van der Waals surface area contributed by atoms with E-state index in [4.69, 9.17) is 4.98 Å². The minimum absolute atomic E-state index is 0.780. The van der Waals surface area contributed by atoms with E-state index in [0.717, 1.165) is 43.9 Å². The van der Waals surface area contributed by atoms with Crippen LogP contribution in [0.3, 0.4) is 0 Å². The van der Waals surface area contributed by atoms with Crippen LogP contribution < -0.4 is 9.80 Å². The molecule has 0 amide bonds. The van der Waals surface area contributed by atoms with Crippen molar-refractivity contribution < 1.29 is 0 Å². The molecule has 0 spiro atoms. The third-order valence-corrected chi connectivity index (χ3v) is 5.82. The molecular formula is C22H30N4. The normalized spacial score (nSPS) is 19.4. The molecule has 2 saturated heterocycles. The fourth-order valence-electron chi connectivity index (χ4n) is 4.25. The van der Waals surface area contributed by atoms with Crippen molar-refractivity contribution in [3.63, 3.8) is 0 Å². The quantitative estimate of drug-likeness (QED) is 0.822. The molecule has 0 radical (unpaired) electrons. The summed E-state index contributed by atoms with van der Waals surface area (Å²) in [5.74, 6) is 2.82. The summed E-state index contributed by atoms with van der Waals surface area (Å²) in [4.78, 5) is 14.3.